The lowest BCUT2D eigenvalue weighted by Crippen LogP contribution is -2.21. The maximum absolute atomic E-state index is 13.2. The largest absolute Gasteiger partial charge is 0.244 e. The Morgan fingerprint density at radius 1 is 1.50 bits per heavy atom. The van der Waals surface area contributed by atoms with Crippen molar-refractivity contribution in [3.63, 3.8) is 0 Å². The molecule has 0 aromatic rings. The van der Waals surface area contributed by atoms with Gasteiger partial charge >= 0.3 is 0 Å². The second-order valence-electron chi connectivity index (χ2n) is 2.75. The first-order valence-electron chi connectivity index (χ1n) is 3.47. The molecular weight excluding hydrogens is 133 g/mol. The summed E-state index contributed by atoms with van der Waals surface area (Å²) in [4.78, 5) is 2.53. The van der Waals surface area contributed by atoms with Crippen molar-refractivity contribution in [2.24, 2.45) is 5.11 Å². The molecule has 1 fully saturated rings. The Morgan fingerprint density at radius 3 is 2.60 bits per heavy atom. The summed E-state index contributed by atoms with van der Waals surface area (Å²) in [5.41, 5.74) is 6.76. The van der Waals surface area contributed by atoms with Gasteiger partial charge < -0.3 is 0 Å². The molecule has 10 heavy (non-hydrogen) atoms. The van der Waals surface area contributed by atoms with E-state index in [1.807, 2.05) is 0 Å². The van der Waals surface area contributed by atoms with Crippen molar-refractivity contribution in [2.75, 3.05) is 6.54 Å². The van der Waals surface area contributed by atoms with Crippen LogP contribution in [0.5, 0.6) is 0 Å². The summed E-state index contributed by atoms with van der Waals surface area (Å²) in [6, 6.07) is 0. The Morgan fingerprint density at radius 2 is 2.10 bits per heavy atom. The zero-order valence-corrected chi connectivity index (χ0v) is 5.76. The Balaban J connectivity index is 2.42. The Kier molecular flexibility index (Phi) is 2.12. The smallest absolute Gasteiger partial charge is 0.116 e. The Hall–Kier alpha value is -0.760. The first-order chi connectivity index (χ1) is 4.77. The minimum atomic E-state index is -1.17. The van der Waals surface area contributed by atoms with Gasteiger partial charge in [-0.1, -0.05) is 18.0 Å². The van der Waals surface area contributed by atoms with Gasteiger partial charge in [0.2, 0.25) is 0 Å². The SMILES string of the molecule is [N-]=[N+]=NCC1(F)CCCC1. The van der Waals surface area contributed by atoms with Crippen molar-refractivity contribution in [1.29, 1.82) is 0 Å². The fourth-order valence-corrected chi connectivity index (χ4v) is 1.33. The van der Waals surface area contributed by atoms with Gasteiger partial charge in [-0.25, -0.2) is 4.39 Å². The molecule has 0 aromatic carbocycles. The lowest BCUT2D eigenvalue weighted by atomic mass is 10.1. The molecule has 0 N–H and O–H groups in total. The molecule has 0 aromatic heterocycles. The molecular formula is C6H10FN3. The summed E-state index contributed by atoms with van der Waals surface area (Å²) in [7, 11) is 0. The fraction of sp³-hybridized carbons (Fsp3) is 1.00. The minimum Gasteiger partial charge on any atom is -0.244 e. The number of azide groups is 1. The van der Waals surface area contributed by atoms with Crippen molar-refractivity contribution in [3.8, 4) is 0 Å². The molecule has 1 saturated carbocycles. The van der Waals surface area contributed by atoms with Crippen LogP contribution in [0.3, 0.4) is 0 Å². The highest BCUT2D eigenvalue weighted by Crippen LogP contribution is 2.33. The van der Waals surface area contributed by atoms with Gasteiger partial charge in [-0.15, -0.1) is 0 Å². The molecule has 0 atom stereocenters. The molecule has 1 rings (SSSR count). The Labute approximate surface area is 58.9 Å². The van der Waals surface area contributed by atoms with Gasteiger partial charge in [0.25, 0.3) is 0 Å². The van der Waals surface area contributed by atoms with Crippen LogP contribution in [0, 0.1) is 0 Å². The number of rotatable bonds is 2. The van der Waals surface area contributed by atoms with Gasteiger partial charge in [0.05, 0.1) is 6.54 Å². The number of nitrogens with zero attached hydrogens (tertiary/aromatic N) is 3. The van der Waals surface area contributed by atoms with Crippen molar-refractivity contribution in [1.82, 2.24) is 0 Å². The van der Waals surface area contributed by atoms with E-state index in [0.717, 1.165) is 12.8 Å². The van der Waals surface area contributed by atoms with Gasteiger partial charge in [-0.05, 0) is 18.4 Å². The minimum absolute atomic E-state index is 0.0174. The number of hydrogen-bond donors (Lipinski definition) is 0. The normalized spacial score (nSPS) is 22.1. The third-order valence-electron chi connectivity index (χ3n) is 1.92. The van der Waals surface area contributed by atoms with Gasteiger partial charge in [0, 0.05) is 4.91 Å². The molecule has 0 saturated heterocycles. The third kappa shape index (κ3) is 1.61. The van der Waals surface area contributed by atoms with Crippen LogP contribution in [0.1, 0.15) is 25.7 Å². The van der Waals surface area contributed by atoms with Crippen molar-refractivity contribution in [2.45, 2.75) is 31.4 Å². The summed E-state index contributed by atoms with van der Waals surface area (Å²) >= 11 is 0. The lowest BCUT2D eigenvalue weighted by molar-refractivity contribution is 0.183. The van der Waals surface area contributed by atoms with E-state index in [1.165, 1.54) is 0 Å². The van der Waals surface area contributed by atoms with Crippen LogP contribution in [-0.2, 0) is 0 Å². The molecule has 0 unspecified atom stereocenters. The van der Waals surface area contributed by atoms with E-state index in [0.29, 0.717) is 12.8 Å². The summed E-state index contributed by atoms with van der Waals surface area (Å²) in [5.74, 6) is 0. The van der Waals surface area contributed by atoms with E-state index in [1.54, 1.807) is 0 Å². The van der Waals surface area contributed by atoms with Crippen molar-refractivity contribution < 1.29 is 4.39 Å². The third-order valence-corrected chi connectivity index (χ3v) is 1.92. The number of halogens is 1. The van der Waals surface area contributed by atoms with Gasteiger partial charge in [0.15, 0.2) is 0 Å². The predicted octanol–water partition coefficient (Wildman–Crippen LogP) is 2.58. The molecule has 0 bridgehead atoms. The highest BCUT2D eigenvalue weighted by molar-refractivity contribution is 4.86. The summed E-state index contributed by atoms with van der Waals surface area (Å²) < 4.78 is 13.2. The van der Waals surface area contributed by atoms with Crippen molar-refractivity contribution in [3.05, 3.63) is 10.4 Å². The molecule has 0 aliphatic heterocycles. The number of hydrogen-bond acceptors (Lipinski definition) is 1. The first kappa shape index (κ1) is 7.35. The molecule has 56 valence electrons. The average molecular weight is 143 g/mol. The van der Waals surface area contributed by atoms with Crippen LogP contribution in [-0.4, -0.2) is 12.2 Å². The maximum Gasteiger partial charge on any atom is 0.116 e. The molecule has 0 radical (unpaired) electrons. The summed E-state index contributed by atoms with van der Waals surface area (Å²) in [5, 5.41) is 3.23. The van der Waals surface area contributed by atoms with Gasteiger partial charge in [-0.2, -0.15) is 0 Å². The molecule has 1 aliphatic carbocycles. The second kappa shape index (κ2) is 2.88. The standard InChI is InChI=1S/C6H10FN3/c7-6(5-9-10-8)3-1-2-4-6/h1-5H2. The fourth-order valence-electron chi connectivity index (χ4n) is 1.33. The van der Waals surface area contributed by atoms with Crippen LogP contribution in [0.15, 0.2) is 5.11 Å². The number of alkyl halides is 1. The van der Waals surface area contributed by atoms with Gasteiger partial charge in [-0.3, -0.25) is 0 Å². The predicted molar refractivity (Wildman–Crippen MR) is 36.3 cm³/mol. The van der Waals surface area contributed by atoms with Crippen LogP contribution in [0.25, 0.3) is 10.4 Å². The van der Waals surface area contributed by atoms with Gasteiger partial charge in [0.1, 0.15) is 5.67 Å². The molecule has 0 heterocycles. The lowest BCUT2D eigenvalue weighted by Gasteiger charge is -2.14. The van der Waals surface area contributed by atoms with E-state index in [9.17, 15) is 4.39 Å². The Bertz CT molecular complexity index is 156. The molecule has 1 aliphatic rings. The van der Waals surface area contributed by atoms with E-state index >= 15 is 0 Å². The molecule has 0 spiro atoms. The maximum atomic E-state index is 13.2. The van der Waals surface area contributed by atoms with E-state index in [4.69, 9.17) is 5.53 Å². The monoisotopic (exact) mass is 143 g/mol. The molecule has 4 heteroatoms. The second-order valence-corrected chi connectivity index (χ2v) is 2.75. The van der Waals surface area contributed by atoms with Crippen LogP contribution < -0.4 is 0 Å². The average Bonchev–Trinajstić information content (AvgIpc) is 2.33. The first-order valence-corrected chi connectivity index (χ1v) is 3.47. The van der Waals surface area contributed by atoms with Crippen LogP contribution in [0.4, 0.5) is 4.39 Å². The van der Waals surface area contributed by atoms with Crippen LogP contribution >= 0.6 is 0 Å². The zero-order chi connectivity index (χ0) is 7.45. The topological polar surface area (TPSA) is 48.8 Å². The highest BCUT2D eigenvalue weighted by Gasteiger charge is 2.32. The molecule has 3 nitrogen and oxygen atoms in total. The van der Waals surface area contributed by atoms with E-state index < -0.39 is 5.67 Å². The highest BCUT2D eigenvalue weighted by atomic mass is 19.1. The summed E-state index contributed by atoms with van der Waals surface area (Å²) in [6.45, 7) is 0.0174. The summed E-state index contributed by atoms with van der Waals surface area (Å²) in [6.07, 6.45) is 2.98. The zero-order valence-electron chi connectivity index (χ0n) is 5.76. The quantitative estimate of drug-likeness (QED) is 0.324. The van der Waals surface area contributed by atoms with Crippen LogP contribution in [0.2, 0.25) is 0 Å². The van der Waals surface area contributed by atoms with Crippen molar-refractivity contribution >= 4 is 0 Å². The van der Waals surface area contributed by atoms with E-state index in [-0.39, 0.29) is 6.54 Å². The molecule has 0 amide bonds. The van der Waals surface area contributed by atoms with E-state index in [2.05, 4.69) is 10.0 Å².